The van der Waals surface area contributed by atoms with Crippen LogP contribution >= 0.6 is 0 Å². The normalized spacial score (nSPS) is 14.1. The summed E-state index contributed by atoms with van der Waals surface area (Å²) in [6.45, 7) is 5.22. The summed E-state index contributed by atoms with van der Waals surface area (Å²) in [6, 6.07) is 8.65. The first kappa shape index (κ1) is 12.0. The maximum absolute atomic E-state index is 4.46. The highest BCUT2D eigenvalue weighted by molar-refractivity contribution is 5.76. The Bertz CT molecular complexity index is 594. The number of anilines is 3. The van der Waals surface area contributed by atoms with Gasteiger partial charge in [-0.2, -0.15) is 0 Å². The first-order chi connectivity index (χ1) is 9.16. The minimum atomic E-state index is 0.529. The zero-order valence-corrected chi connectivity index (χ0v) is 11.5. The molecule has 0 radical (unpaired) electrons. The number of benzene rings is 1. The van der Waals surface area contributed by atoms with Gasteiger partial charge in [0.1, 0.15) is 0 Å². The lowest BCUT2D eigenvalue weighted by Crippen LogP contribution is -2.24. The van der Waals surface area contributed by atoms with E-state index in [2.05, 4.69) is 57.9 Å². The Hall–Kier alpha value is -2.10. The van der Waals surface area contributed by atoms with Crippen LogP contribution in [0.4, 0.5) is 17.3 Å². The fraction of sp³-hybridized carbons (Fsp3) is 0.333. The van der Waals surface area contributed by atoms with E-state index in [1.807, 2.05) is 7.05 Å². The topological polar surface area (TPSA) is 32.3 Å². The summed E-state index contributed by atoms with van der Waals surface area (Å²) >= 11 is 0. The van der Waals surface area contributed by atoms with Crippen molar-refractivity contribution in [2.45, 2.75) is 19.8 Å². The Morgan fingerprint density at radius 3 is 2.58 bits per heavy atom. The molecule has 0 aliphatic carbocycles. The van der Waals surface area contributed by atoms with E-state index in [0.29, 0.717) is 5.92 Å². The lowest BCUT2D eigenvalue weighted by atomic mass is 10.0. The molecule has 2 aromatic rings. The maximum Gasteiger partial charge on any atom is 0.178 e. The van der Waals surface area contributed by atoms with Gasteiger partial charge in [0.2, 0.25) is 0 Å². The summed E-state index contributed by atoms with van der Waals surface area (Å²) in [7, 11) is 2.04. The largest absolute Gasteiger partial charge is 0.338 e. The molecular formula is C15H18N4. The molecule has 0 saturated carbocycles. The van der Waals surface area contributed by atoms with Crippen molar-refractivity contribution >= 4 is 17.3 Å². The van der Waals surface area contributed by atoms with Crippen LogP contribution in [-0.4, -0.2) is 23.7 Å². The maximum atomic E-state index is 4.46. The van der Waals surface area contributed by atoms with E-state index < -0.39 is 0 Å². The molecule has 1 aromatic heterocycles. The van der Waals surface area contributed by atoms with Crippen molar-refractivity contribution in [2.24, 2.45) is 0 Å². The molecule has 0 amide bonds. The smallest absolute Gasteiger partial charge is 0.178 e. The van der Waals surface area contributed by atoms with Gasteiger partial charge in [0.25, 0.3) is 0 Å². The predicted octanol–water partition coefficient (Wildman–Crippen LogP) is 3.15. The van der Waals surface area contributed by atoms with E-state index in [1.54, 1.807) is 12.4 Å². The Balaban J connectivity index is 2.02. The molecule has 0 unspecified atom stereocenters. The molecule has 19 heavy (non-hydrogen) atoms. The molecule has 0 spiro atoms. The van der Waals surface area contributed by atoms with Crippen molar-refractivity contribution in [1.29, 1.82) is 0 Å². The number of nitrogens with zero attached hydrogens (tertiary/aromatic N) is 4. The van der Waals surface area contributed by atoms with Gasteiger partial charge in [-0.3, -0.25) is 0 Å². The quantitative estimate of drug-likeness (QED) is 0.824. The van der Waals surface area contributed by atoms with Crippen LogP contribution in [0.3, 0.4) is 0 Å². The van der Waals surface area contributed by atoms with Gasteiger partial charge >= 0.3 is 0 Å². The summed E-state index contributed by atoms with van der Waals surface area (Å²) in [5, 5.41) is 0. The average molecular weight is 254 g/mol. The van der Waals surface area contributed by atoms with Gasteiger partial charge in [0, 0.05) is 25.1 Å². The molecule has 0 N–H and O–H groups in total. The van der Waals surface area contributed by atoms with E-state index in [-0.39, 0.29) is 0 Å². The zero-order chi connectivity index (χ0) is 13.4. The Labute approximate surface area is 113 Å². The zero-order valence-electron chi connectivity index (χ0n) is 11.5. The predicted molar refractivity (Wildman–Crippen MR) is 78.0 cm³/mol. The summed E-state index contributed by atoms with van der Waals surface area (Å²) in [4.78, 5) is 13.2. The first-order valence-corrected chi connectivity index (χ1v) is 6.56. The molecule has 0 bridgehead atoms. The number of hydrogen-bond donors (Lipinski definition) is 0. The second-order valence-electron chi connectivity index (χ2n) is 5.22. The van der Waals surface area contributed by atoms with Gasteiger partial charge < -0.3 is 9.80 Å². The summed E-state index contributed by atoms with van der Waals surface area (Å²) < 4.78 is 0. The van der Waals surface area contributed by atoms with Crippen molar-refractivity contribution in [2.75, 3.05) is 23.5 Å². The van der Waals surface area contributed by atoms with Gasteiger partial charge in [-0.1, -0.05) is 26.0 Å². The number of hydrogen-bond acceptors (Lipinski definition) is 4. The SMILES string of the molecule is CC(C)c1cccc(N2CN(C)c3nccnc32)c1. The lowest BCUT2D eigenvalue weighted by molar-refractivity contribution is 0.863. The van der Waals surface area contributed by atoms with Gasteiger partial charge in [-0.15, -0.1) is 0 Å². The van der Waals surface area contributed by atoms with Crippen LogP contribution in [0.25, 0.3) is 0 Å². The molecule has 4 nitrogen and oxygen atoms in total. The Kier molecular flexibility index (Phi) is 2.85. The first-order valence-electron chi connectivity index (χ1n) is 6.56. The molecule has 4 heteroatoms. The molecule has 0 saturated heterocycles. The third-order valence-corrected chi connectivity index (χ3v) is 3.48. The molecule has 2 heterocycles. The molecule has 1 aliphatic rings. The van der Waals surface area contributed by atoms with E-state index in [4.69, 9.17) is 0 Å². The van der Waals surface area contributed by atoms with Crippen molar-refractivity contribution in [3.8, 4) is 0 Å². The van der Waals surface area contributed by atoms with Crippen LogP contribution in [0.2, 0.25) is 0 Å². The van der Waals surface area contributed by atoms with Crippen LogP contribution in [0.1, 0.15) is 25.3 Å². The van der Waals surface area contributed by atoms with Gasteiger partial charge in [-0.05, 0) is 23.6 Å². The van der Waals surface area contributed by atoms with Crippen LogP contribution < -0.4 is 9.80 Å². The molecule has 1 aromatic carbocycles. The molecule has 98 valence electrons. The highest BCUT2D eigenvalue weighted by Crippen LogP contribution is 2.36. The highest BCUT2D eigenvalue weighted by atomic mass is 15.4. The molecule has 1 aliphatic heterocycles. The van der Waals surface area contributed by atoms with Gasteiger partial charge in [0.15, 0.2) is 11.6 Å². The fourth-order valence-corrected chi connectivity index (χ4v) is 2.38. The second-order valence-corrected chi connectivity index (χ2v) is 5.22. The minimum absolute atomic E-state index is 0.529. The second kappa shape index (κ2) is 4.53. The summed E-state index contributed by atoms with van der Waals surface area (Å²) in [5.74, 6) is 2.41. The van der Waals surface area contributed by atoms with E-state index in [1.165, 1.54) is 11.3 Å². The van der Waals surface area contributed by atoms with E-state index in [9.17, 15) is 0 Å². The van der Waals surface area contributed by atoms with Crippen LogP contribution in [0.15, 0.2) is 36.7 Å². The van der Waals surface area contributed by atoms with E-state index in [0.717, 1.165) is 18.3 Å². The molecule has 0 atom stereocenters. The number of rotatable bonds is 2. The monoisotopic (exact) mass is 254 g/mol. The van der Waals surface area contributed by atoms with Crippen molar-refractivity contribution < 1.29 is 0 Å². The van der Waals surface area contributed by atoms with E-state index >= 15 is 0 Å². The van der Waals surface area contributed by atoms with Crippen LogP contribution in [0, 0.1) is 0 Å². The fourth-order valence-electron chi connectivity index (χ4n) is 2.38. The lowest BCUT2D eigenvalue weighted by Gasteiger charge is -2.19. The Morgan fingerprint density at radius 1 is 1.11 bits per heavy atom. The van der Waals surface area contributed by atoms with Gasteiger partial charge in [0.05, 0.1) is 6.67 Å². The third kappa shape index (κ3) is 2.03. The Morgan fingerprint density at radius 2 is 1.84 bits per heavy atom. The molecular weight excluding hydrogens is 236 g/mol. The molecule has 3 rings (SSSR count). The van der Waals surface area contributed by atoms with Crippen molar-refractivity contribution in [3.05, 3.63) is 42.2 Å². The standard InChI is InChI=1S/C15H18N4/c1-11(2)12-5-4-6-13(9-12)19-10-18(3)14-15(19)17-8-7-16-14/h4-9,11H,10H2,1-3H3. The van der Waals surface area contributed by atoms with Crippen LogP contribution in [0.5, 0.6) is 0 Å². The third-order valence-electron chi connectivity index (χ3n) is 3.48. The van der Waals surface area contributed by atoms with Crippen LogP contribution in [-0.2, 0) is 0 Å². The highest BCUT2D eigenvalue weighted by Gasteiger charge is 2.26. The minimum Gasteiger partial charge on any atom is -0.338 e. The average Bonchev–Trinajstić information content (AvgIpc) is 2.77. The number of aromatic nitrogens is 2. The number of fused-ring (bicyclic) bond motifs is 1. The summed E-state index contributed by atoms with van der Waals surface area (Å²) in [6.07, 6.45) is 3.49. The molecule has 0 fully saturated rings. The van der Waals surface area contributed by atoms with Gasteiger partial charge in [-0.25, -0.2) is 9.97 Å². The van der Waals surface area contributed by atoms with Crippen molar-refractivity contribution in [3.63, 3.8) is 0 Å². The van der Waals surface area contributed by atoms with Crippen molar-refractivity contribution in [1.82, 2.24) is 9.97 Å². The summed E-state index contributed by atoms with van der Waals surface area (Å²) in [5.41, 5.74) is 2.52.